The number of carbonyl (C=O) groups excluding carboxylic acids is 1. The van der Waals surface area contributed by atoms with Crippen LogP contribution in [0.5, 0.6) is 11.5 Å². The minimum absolute atomic E-state index is 0.189. The number of carbonyl (C=O) groups is 1. The van der Waals surface area contributed by atoms with E-state index in [1.165, 1.54) is 0 Å². The number of aryl methyl sites for hydroxylation is 1. The van der Waals surface area contributed by atoms with E-state index in [0.717, 1.165) is 11.3 Å². The smallest absolute Gasteiger partial charge is 0.291 e. The van der Waals surface area contributed by atoms with Crippen LogP contribution in [0, 0.1) is 13.8 Å². The van der Waals surface area contributed by atoms with Crippen molar-refractivity contribution in [1.29, 1.82) is 0 Å². The van der Waals surface area contributed by atoms with Gasteiger partial charge in [-0.05, 0) is 49.7 Å². The maximum Gasteiger partial charge on any atom is 0.291 e. The van der Waals surface area contributed by atoms with E-state index in [-0.39, 0.29) is 18.3 Å². The molecule has 0 spiro atoms. The fourth-order valence-corrected chi connectivity index (χ4v) is 3.61. The topological polar surface area (TPSA) is 78.5 Å². The number of nitrogens with one attached hydrogen (secondary N) is 1. The van der Waals surface area contributed by atoms with Gasteiger partial charge in [-0.15, -0.1) is 0 Å². The molecule has 7 nitrogen and oxygen atoms in total. The van der Waals surface area contributed by atoms with Crippen LogP contribution in [0.3, 0.4) is 0 Å². The second-order valence-electron chi connectivity index (χ2n) is 7.48. The highest BCUT2D eigenvalue weighted by atomic mass is 35.5. The number of hydrogen-bond acceptors (Lipinski definition) is 5. The molecule has 0 aliphatic heterocycles. The molecule has 0 aliphatic rings. The molecule has 1 N–H and O–H groups in total. The highest BCUT2D eigenvalue weighted by Crippen LogP contribution is 2.24. The second kappa shape index (κ2) is 9.83. The summed E-state index contributed by atoms with van der Waals surface area (Å²) in [5.74, 6) is 1.72. The molecule has 170 valence electrons. The first-order valence-corrected chi connectivity index (χ1v) is 10.8. The molecule has 33 heavy (non-hydrogen) atoms. The van der Waals surface area contributed by atoms with E-state index < -0.39 is 0 Å². The summed E-state index contributed by atoms with van der Waals surface area (Å²) in [5, 5.41) is 8.15. The third kappa shape index (κ3) is 5.21. The lowest BCUT2D eigenvalue weighted by atomic mass is 10.2. The lowest BCUT2D eigenvalue weighted by molar-refractivity contribution is 0.0992. The first-order valence-electron chi connectivity index (χ1n) is 10.4. The zero-order chi connectivity index (χ0) is 23.4. The predicted molar refractivity (Wildman–Crippen MR) is 126 cm³/mol. The Morgan fingerprint density at radius 3 is 2.67 bits per heavy atom. The molecule has 2 aromatic heterocycles. The van der Waals surface area contributed by atoms with Crippen molar-refractivity contribution in [3.05, 3.63) is 94.2 Å². The molecule has 8 heteroatoms. The van der Waals surface area contributed by atoms with E-state index in [1.54, 1.807) is 25.3 Å². The van der Waals surface area contributed by atoms with Gasteiger partial charge in [0.05, 0.1) is 30.7 Å². The molecule has 0 fully saturated rings. The van der Waals surface area contributed by atoms with Crippen molar-refractivity contribution in [3.8, 4) is 11.5 Å². The third-order valence-corrected chi connectivity index (χ3v) is 5.57. The zero-order valence-electron chi connectivity index (χ0n) is 18.6. The fraction of sp³-hybridized carbons (Fsp3) is 0.200. The molecule has 1 amide bonds. The largest absolute Gasteiger partial charge is 0.497 e. The first kappa shape index (κ1) is 22.5. The molecule has 4 rings (SSSR count). The molecule has 0 bridgehead atoms. The Hall–Kier alpha value is -3.71. The summed E-state index contributed by atoms with van der Waals surface area (Å²) >= 11 is 6.28. The number of methoxy groups -OCH3 is 1. The van der Waals surface area contributed by atoms with Gasteiger partial charge in [0.2, 0.25) is 0 Å². The van der Waals surface area contributed by atoms with Gasteiger partial charge in [0, 0.05) is 11.1 Å². The maximum absolute atomic E-state index is 12.8. The standard InChI is InChI=1S/C25H24ClN3O4/c1-16-24(17(2)29(28-16)14-18-7-4-5-10-22(18)26)27-25(30)23-12-11-21(33-23)15-32-20-9-6-8-19(13-20)31-3/h4-13H,14-15H2,1-3H3,(H,27,30). The van der Waals surface area contributed by atoms with E-state index >= 15 is 0 Å². The van der Waals surface area contributed by atoms with Crippen LogP contribution in [0.4, 0.5) is 5.69 Å². The van der Waals surface area contributed by atoms with Gasteiger partial charge in [0.15, 0.2) is 5.76 Å². The van der Waals surface area contributed by atoms with Crippen molar-refractivity contribution in [2.24, 2.45) is 0 Å². The number of halogens is 1. The fourth-order valence-electron chi connectivity index (χ4n) is 3.42. The average Bonchev–Trinajstić information content (AvgIpc) is 3.40. The Kier molecular flexibility index (Phi) is 6.70. The van der Waals surface area contributed by atoms with Crippen molar-refractivity contribution in [1.82, 2.24) is 9.78 Å². The van der Waals surface area contributed by atoms with Crippen molar-refractivity contribution in [2.45, 2.75) is 27.0 Å². The van der Waals surface area contributed by atoms with E-state index in [2.05, 4.69) is 10.4 Å². The summed E-state index contributed by atoms with van der Waals surface area (Å²) in [5.41, 5.74) is 3.14. The Balaban J connectivity index is 1.42. The Morgan fingerprint density at radius 2 is 1.88 bits per heavy atom. The highest BCUT2D eigenvalue weighted by Gasteiger charge is 2.18. The monoisotopic (exact) mass is 465 g/mol. The molecule has 4 aromatic rings. The van der Waals surface area contributed by atoms with Crippen LogP contribution >= 0.6 is 11.6 Å². The van der Waals surface area contributed by atoms with Crippen LogP contribution in [0.15, 0.2) is 65.1 Å². The Bertz CT molecular complexity index is 1280. The van der Waals surface area contributed by atoms with Crippen LogP contribution in [0.25, 0.3) is 0 Å². The molecular weight excluding hydrogens is 442 g/mol. The summed E-state index contributed by atoms with van der Waals surface area (Å²) in [4.78, 5) is 12.8. The molecule has 2 aromatic carbocycles. The van der Waals surface area contributed by atoms with Crippen LogP contribution in [-0.2, 0) is 13.2 Å². The van der Waals surface area contributed by atoms with Gasteiger partial charge in [-0.1, -0.05) is 35.9 Å². The molecule has 0 radical (unpaired) electrons. The number of ether oxygens (including phenoxy) is 2. The summed E-state index contributed by atoms with van der Waals surface area (Å²) < 4.78 is 18.4. The summed E-state index contributed by atoms with van der Waals surface area (Å²) in [6, 6.07) is 18.2. The Labute approximate surface area is 196 Å². The maximum atomic E-state index is 12.8. The van der Waals surface area contributed by atoms with E-state index in [1.807, 2.05) is 61.0 Å². The lowest BCUT2D eigenvalue weighted by Crippen LogP contribution is -2.12. The highest BCUT2D eigenvalue weighted by molar-refractivity contribution is 6.31. The molecule has 0 unspecified atom stereocenters. The predicted octanol–water partition coefficient (Wildman–Crippen LogP) is 5.63. The van der Waals surface area contributed by atoms with E-state index in [4.69, 9.17) is 25.5 Å². The van der Waals surface area contributed by atoms with Gasteiger partial charge in [-0.25, -0.2) is 0 Å². The number of furan rings is 1. The van der Waals surface area contributed by atoms with Crippen LogP contribution in [-0.4, -0.2) is 22.8 Å². The number of amides is 1. The SMILES string of the molecule is COc1cccc(OCc2ccc(C(=O)Nc3c(C)nn(Cc4ccccc4Cl)c3C)o2)c1. The van der Waals surface area contributed by atoms with Crippen molar-refractivity contribution >= 4 is 23.2 Å². The van der Waals surface area contributed by atoms with Crippen molar-refractivity contribution < 1.29 is 18.7 Å². The minimum atomic E-state index is -0.355. The number of aromatic nitrogens is 2. The van der Waals surface area contributed by atoms with Crippen LogP contribution in [0.2, 0.25) is 5.02 Å². The summed E-state index contributed by atoms with van der Waals surface area (Å²) in [6.45, 7) is 4.45. The number of benzene rings is 2. The molecule has 2 heterocycles. The van der Waals surface area contributed by atoms with Crippen LogP contribution in [0.1, 0.15) is 33.3 Å². The molecule has 0 atom stereocenters. The van der Waals surface area contributed by atoms with E-state index in [0.29, 0.717) is 40.2 Å². The molecular formula is C25H24ClN3O4. The first-order chi connectivity index (χ1) is 15.9. The van der Waals surface area contributed by atoms with Gasteiger partial charge in [-0.3, -0.25) is 9.48 Å². The van der Waals surface area contributed by atoms with Crippen molar-refractivity contribution in [3.63, 3.8) is 0 Å². The molecule has 0 saturated carbocycles. The van der Waals surface area contributed by atoms with Crippen LogP contribution < -0.4 is 14.8 Å². The van der Waals surface area contributed by atoms with Gasteiger partial charge >= 0.3 is 0 Å². The number of anilines is 1. The van der Waals surface area contributed by atoms with E-state index in [9.17, 15) is 4.79 Å². The third-order valence-electron chi connectivity index (χ3n) is 5.21. The normalized spacial score (nSPS) is 10.8. The Morgan fingerprint density at radius 1 is 1.09 bits per heavy atom. The molecule has 0 saturated heterocycles. The van der Waals surface area contributed by atoms with Gasteiger partial charge in [0.25, 0.3) is 5.91 Å². The number of hydrogen-bond donors (Lipinski definition) is 1. The minimum Gasteiger partial charge on any atom is -0.497 e. The number of rotatable bonds is 8. The quantitative estimate of drug-likeness (QED) is 0.364. The lowest BCUT2D eigenvalue weighted by Gasteiger charge is -2.08. The van der Waals surface area contributed by atoms with Gasteiger partial charge in [0.1, 0.15) is 23.9 Å². The summed E-state index contributed by atoms with van der Waals surface area (Å²) in [7, 11) is 1.60. The molecule has 0 aliphatic carbocycles. The number of nitrogens with zero attached hydrogens (tertiary/aromatic N) is 2. The van der Waals surface area contributed by atoms with Gasteiger partial charge < -0.3 is 19.2 Å². The van der Waals surface area contributed by atoms with Crippen molar-refractivity contribution in [2.75, 3.05) is 12.4 Å². The van der Waals surface area contributed by atoms with Gasteiger partial charge in [-0.2, -0.15) is 5.10 Å². The second-order valence-corrected chi connectivity index (χ2v) is 7.89. The summed E-state index contributed by atoms with van der Waals surface area (Å²) in [6.07, 6.45) is 0. The average molecular weight is 466 g/mol. The zero-order valence-corrected chi connectivity index (χ0v) is 19.3.